The molecule has 2 aromatic rings. The van der Waals surface area contributed by atoms with Crippen LogP contribution in [0, 0.1) is 0 Å². The normalized spacial score (nSPS) is 12.7. The largest absolute Gasteiger partial charge is 0.388 e. The Balaban J connectivity index is 2.08. The minimum absolute atomic E-state index is 0.446. The summed E-state index contributed by atoms with van der Waals surface area (Å²) in [5.41, 5.74) is 0.799. The van der Waals surface area contributed by atoms with Gasteiger partial charge < -0.3 is 5.11 Å². The van der Waals surface area contributed by atoms with E-state index in [0.29, 0.717) is 11.6 Å². The standard InChI is InChI=1S/C11H10ClNOS/c12-11-4-3-8(7-13-11)10(14)6-9-2-1-5-15-9/h1-5,7,10,14H,6H2. The molecule has 1 unspecified atom stereocenters. The van der Waals surface area contributed by atoms with Crippen LogP contribution < -0.4 is 0 Å². The molecule has 2 heterocycles. The van der Waals surface area contributed by atoms with Gasteiger partial charge in [-0.05, 0) is 23.1 Å². The zero-order valence-corrected chi connectivity index (χ0v) is 9.50. The van der Waals surface area contributed by atoms with Crippen LogP contribution in [0.25, 0.3) is 0 Å². The highest BCUT2D eigenvalue weighted by atomic mass is 35.5. The maximum absolute atomic E-state index is 9.91. The van der Waals surface area contributed by atoms with Crippen LogP contribution in [0.4, 0.5) is 0 Å². The van der Waals surface area contributed by atoms with Crippen molar-refractivity contribution in [3.05, 3.63) is 51.4 Å². The van der Waals surface area contributed by atoms with Crippen molar-refractivity contribution in [2.24, 2.45) is 0 Å². The summed E-state index contributed by atoms with van der Waals surface area (Å²) in [6, 6.07) is 7.48. The Morgan fingerprint density at radius 1 is 1.40 bits per heavy atom. The average Bonchev–Trinajstić information content (AvgIpc) is 2.71. The average molecular weight is 240 g/mol. The second-order valence-corrected chi connectivity index (χ2v) is 4.63. The Morgan fingerprint density at radius 2 is 2.27 bits per heavy atom. The molecular weight excluding hydrogens is 230 g/mol. The number of nitrogens with zero attached hydrogens (tertiary/aromatic N) is 1. The number of rotatable bonds is 3. The van der Waals surface area contributed by atoms with Crippen molar-refractivity contribution in [2.45, 2.75) is 12.5 Å². The molecule has 0 saturated carbocycles. The molecule has 0 spiro atoms. The molecule has 0 aliphatic heterocycles. The summed E-state index contributed by atoms with van der Waals surface area (Å²) in [5.74, 6) is 0. The van der Waals surface area contributed by atoms with E-state index in [1.165, 1.54) is 0 Å². The fourth-order valence-corrected chi connectivity index (χ4v) is 2.18. The summed E-state index contributed by atoms with van der Waals surface area (Å²) in [4.78, 5) is 5.10. The van der Waals surface area contributed by atoms with E-state index in [4.69, 9.17) is 11.6 Å². The molecule has 4 heteroatoms. The molecule has 1 N–H and O–H groups in total. The van der Waals surface area contributed by atoms with Gasteiger partial charge in [-0.15, -0.1) is 11.3 Å². The number of aliphatic hydroxyl groups is 1. The lowest BCUT2D eigenvalue weighted by Gasteiger charge is -2.08. The molecule has 15 heavy (non-hydrogen) atoms. The zero-order chi connectivity index (χ0) is 10.7. The van der Waals surface area contributed by atoms with Crippen LogP contribution in [0.3, 0.4) is 0 Å². The molecule has 0 fully saturated rings. The molecule has 2 rings (SSSR count). The zero-order valence-electron chi connectivity index (χ0n) is 7.93. The van der Waals surface area contributed by atoms with Crippen LogP contribution in [0.15, 0.2) is 35.8 Å². The van der Waals surface area contributed by atoms with Gasteiger partial charge in [0.2, 0.25) is 0 Å². The van der Waals surface area contributed by atoms with Crippen LogP contribution in [-0.2, 0) is 6.42 Å². The Morgan fingerprint density at radius 3 is 2.87 bits per heavy atom. The maximum atomic E-state index is 9.91. The Labute approximate surface area is 97.2 Å². The van der Waals surface area contributed by atoms with Crippen molar-refractivity contribution < 1.29 is 5.11 Å². The third-order valence-corrected chi connectivity index (χ3v) is 3.23. The third kappa shape index (κ3) is 2.78. The summed E-state index contributed by atoms with van der Waals surface area (Å²) in [6.45, 7) is 0. The highest BCUT2D eigenvalue weighted by Crippen LogP contribution is 2.21. The number of hydrogen-bond acceptors (Lipinski definition) is 3. The fraction of sp³-hybridized carbons (Fsp3) is 0.182. The van der Waals surface area contributed by atoms with Crippen LogP contribution in [-0.4, -0.2) is 10.1 Å². The number of halogens is 1. The van der Waals surface area contributed by atoms with Crippen LogP contribution in [0.2, 0.25) is 5.15 Å². The van der Waals surface area contributed by atoms with Crippen molar-refractivity contribution in [1.82, 2.24) is 4.98 Å². The number of thiophene rings is 1. The molecule has 2 nitrogen and oxygen atoms in total. The highest BCUT2D eigenvalue weighted by molar-refractivity contribution is 7.09. The molecule has 0 aliphatic rings. The molecular formula is C11H10ClNOS. The monoisotopic (exact) mass is 239 g/mol. The molecule has 1 atom stereocenters. The lowest BCUT2D eigenvalue weighted by atomic mass is 10.1. The smallest absolute Gasteiger partial charge is 0.129 e. The van der Waals surface area contributed by atoms with Gasteiger partial charge in [0.1, 0.15) is 5.15 Å². The van der Waals surface area contributed by atoms with Crippen LogP contribution in [0.1, 0.15) is 16.5 Å². The first-order valence-electron chi connectivity index (χ1n) is 4.57. The van der Waals surface area contributed by atoms with Crippen molar-refractivity contribution in [3.8, 4) is 0 Å². The maximum Gasteiger partial charge on any atom is 0.129 e. The topological polar surface area (TPSA) is 33.1 Å². The molecule has 0 aliphatic carbocycles. The second-order valence-electron chi connectivity index (χ2n) is 3.21. The molecule has 0 amide bonds. The quantitative estimate of drug-likeness (QED) is 0.836. The molecule has 0 radical (unpaired) electrons. The van der Waals surface area contributed by atoms with E-state index in [9.17, 15) is 5.11 Å². The van der Waals surface area contributed by atoms with E-state index in [1.807, 2.05) is 17.5 Å². The minimum atomic E-state index is -0.506. The first kappa shape index (κ1) is 10.6. The van der Waals surface area contributed by atoms with Crippen LogP contribution in [0.5, 0.6) is 0 Å². The molecule has 2 aromatic heterocycles. The first-order chi connectivity index (χ1) is 7.25. The van der Waals surface area contributed by atoms with Crippen molar-refractivity contribution in [1.29, 1.82) is 0 Å². The Bertz CT molecular complexity index is 413. The molecule has 0 saturated heterocycles. The SMILES string of the molecule is OC(Cc1cccs1)c1ccc(Cl)nc1. The summed E-state index contributed by atoms with van der Waals surface area (Å²) < 4.78 is 0. The molecule has 0 bridgehead atoms. The van der Waals surface area contributed by atoms with E-state index < -0.39 is 6.10 Å². The van der Waals surface area contributed by atoms with Gasteiger partial charge in [-0.25, -0.2) is 4.98 Å². The second kappa shape index (κ2) is 4.75. The van der Waals surface area contributed by atoms with E-state index in [-0.39, 0.29) is 0 Å². The summed E-state index contributed by atoms with van der Waals surface area (Å²) >= 11 is 7.31. The Hall–Kier alpha value is -0.900. The lowest BCUT2D eigenvalue weighted by Crippen LogP contribution is -2.00. The predicted molar refractivity (Wildman–Crippen MR) is 62.2 cm³/mol. The van der Waals surface area contributed by atoms with Gasteiger partial charge in [0.05, 0.1) is 6.10 Å². The number of aliphatic hydroxyl groups excluding tert-OH is 1. The lowest BCUT2D eigenvalue weighted by molar-refractivity contribution is 0.179. The summed E-state index contributed by atoms with van der Waals surface area (Å²) in [7, 11) is 0. The van der Waals surface area contributed by atoms with Gasteiger partial charge in [-0.3, -0.25) is 0 Å². The van der Waals surface area contributed by atoms with E-state index in [2.05, 4.69) is 4.98 Å². The first-order valence-corrected chi connectivity index (χ1v) is 5.83. The van der Waals surface area contributed by atoms with Crippen molar-refractivity contribution >= 4 is 22.9 Å². The van der Waals surface area contributed by atoms with E-state index >= 15 is 0 Å². The number of aromatic nitrogens is 1. The summed E-state index contributed by atoms with van der Waals surface area (Å²) in [5, 5.41) is 12.4. The van der Waals surface area contributed by atoms with Gasteiger partial charge >= 0.3 is 0 Å². The molecule has 0 aromatic carbocycles. The number of pyridine rings is 1. The van der Waals surface area contributed by atoms with Crippen LogP contribution >= 0.6 is 22.9 Å². The number of hydrogen-bond donors (Lipinski definition) is 1. The third-order valence-electron chi connectivity index (χ3n) is 2.11. The van der Waals surface area contributed by atoms with Gasteiger partial charge in [0.25, 0.3) is 0 Å². The van der Waals surface area contributed by atoms with Gasteiger partial charge in [0, 0.05) is 17.5 Å². The van der Waals surface area contributed by atoms with Crippen molar-refractivity contribution in [2.75, 3.05) is 0 Å². The van der Waals surface area contributed by atoms with E-state index in [0.717, 1.165) is 10.4 Å². The van der Waals surface area contributed by atoms with Gasteiger partial charge in [-0.1, -0.05) is 23.7 Å². The van der Waals surface area contributed by atoms with Gasteiger partial charge in [-0.2, -0.15) is 0 Å². The summed E-state index contributed by atoms with van der Waals surface area (Å²) in [6.07, 6.45) is 1.73. The predicted octanol–water partition coefficient (Wildman–Crippen LogP) is 3.07. The Kier molecular flexibility index (Phi) is 3.36. The molecule has 78 valence electrons. The van der Waals surface area contributed by atoms with E-state index in [1.54, 1.807) is 29.7 Å². The fourth-order valence-electron chi connectivity index (χ4n) is 1.32. The minimum Gasteiger partial charge on any atom is -0.388 e. The van der Waals surface area contributed by atoms with Crippen molar-refractivity contribution in [3.63, 3.8) is 0 Å². The highest BCUT2D eigenvalue weighted by Gasteiger charge is 2.09. The van der Waals surface area contributed by atoms with Gasteiger partial charge in [0.15, 0.2) is 0 Å².